The van der Waals surface area contributed by atoms with E-state index in [4.69, 9.17) is 5.73 Å². The number of nitrogens with zero attached hydrogens (tertiary/aromatic N) is 1. The minimum absolute atomic E-state index is 0.220. The number of rotatable bonds is 3. The fraction of sp³-hybridized carbons (Fsp3) is 0.889. The van der Waals surface area contributed by atoms with Crippen LogP contribution in [0.25, 0.3) is 0 Å². The second kappa shape index (κ2) is 3.90. The summed E-state index contributed by atoms with van der Waals surface area (Å²) in [7, 11) is 0. The van der Waals surface area contributed by atoms with Crippen molar-refractivity contribution in [2.45, 2.75) is 32.7 Å². The number of carbonyl (C=O) groups is 1. The highest BCUT2D eigenvalue weighted by molar-refractivity contribution is 5.79. The Labute approximate surface area is 73.9 Å². The molecular formula is C9H18N2O. The Morgan fingerprint density at radius 1 is 1.50 bits per heavy atom. The van der Waals surface area contributed by atoms with Crippen LogP contribution >= 0.6 is 0 Å². The molecule has 0 aromatic rings. The molecule has 1 fully saturated rings. The fourth-order valence-corrected chi connectivity index (χ4v) is 1.59. The Kier molecular flexibility index (Phi) is 3.09. The molecule has 1 aliphatic rings. The maximum Gasteiger partial charge on any atom is 0.225 e. The zero-order chi connectivity index (χ0) is 9.14. The number of hydrogen-bond donors (Lipinski definition) is 1. The van der Waals surface area contributed by atoms with Crippen LogP contribution in [0.2, 0.25) is 0 Å². The van der Waals surface area contributed by atoms with Crippen LogP contribution in [-0.2, 0) is 4.79 Å². The van der Waals surface area contributed by atoms with Gasteiger partial charge in [0.15, 0.2) is 0 Å². The molecule has 0 aromatic heterocycles. The first-order valence-electron chi connectivity index (χ1n) is 4.73. The average molecular weight is 170 g/mol. The first-order valence-corrected chi connectivity index (χ1v) is 4.73. The lowest BCUT2D eigenvalue weighted by Crippen LogP contribution is -2.59. The van der Waals surface area contributed by atoms with Crippen molar-refractivity contribution in [3.8, 4) is 0 Å². The maximum atomic E-state index is 11.6. The largest absolute Gasteiger partial charge is 0.339 e. The number of hydrogen-bond acceptors (Lipinski definition) is 2. The predicted octanol–water partition coefficient (Wildman–Crippen LogP) is 0.592. The van der Waals surface area contributed by atoms with Crippen LogP contribution in [0.3, 0.4) is 0 Å². The quantitative estimate of drug-likeness (QED) is 0.674. The molecule has 70 valence electrons. The highest BCUT2D eigenvalue weighted by atomic mass is 16.2. The molecule has 1 saturated heterocycles. The van der Waals surface area contributed by atoms with Crippen LogP contribution < -0.4 is 5.73 Å². The molecule has 1 amide bonds. The third kappa shape index (κ3) is 1.78. The SMILES string of the molecule is CCC(CC)C(=O)N1CC(N)C1. The van der Waals surface area contributed by atoms with Crippen molar-refractivity contribution in [2.24, 2.45) is 11.7 Å². The van der Waals surface area contributed by atoms with Crippen molar-refractivity contribution < 1.29 is 4.79 Å². The molecule has 1 rings (SSSR count). The van der Waals surface area contributed by atoms with Gasteiger partial charge < -0.3 is 10.6 Å². The zero-order valence-corrected chi connectivity index (χ0v) is 7.92. The van der Waals surface area contributed by atoms with Crippen LogP contribution in [0.1, 0.15) is 26.7 Å². The van der Waals surface area contributed by atoms with E-state index in [0.29, 0.717) is 5.91 Å². The van der Waals surface area contributed by atoms with E-state index in [1.54, 1.807) is 0 Å². The molecule has 0 unspecified atom stereocenters. The van der Waals surface area contributed by atoms with Gasteiger partial charge in [0.25, 0.3) is 0 Å². The van der Waals surface area contributed by atoms with Crippen molar-refractivity contribution in [3.05, 3.63) is 0 Å². The summed E-state index contributed by atoms with van der Waals surface area (Å²) in [6.45, 7) is 5.64. The van der Waals surface area contributed by atoms with Gasteiger partial charge in [0, 0.05) is 25.0 Å². The summed E-state index contributed by atoms with van der Waals surface area (Å²) in [5.41, 5.74) is 5.60. The third-order valence-electron chi connectivity index (χ3n) is 2.56. The number of nitrogens with two attached hydrogens (primary N) is 1. The van der Waals surface area contributed by atoms with E-state index < -0.39 is 0 Å². The van der Waals surface area contributed by atoms with E-state index in [1.807, 2.05) is 4.90 Å². The van der Waals surface area contributed by atoms with E-state index >= 15 is 0 Å². The molecule has 0 spiro atoms. The van der Waals surface area contributed by atoms with Crippen LogP contribution in [0.15, 0.2) is 0 Å². The lowest BCUT2D eigenvalue weighted by Gasteiger charge is -2.38. The van der Waals surface area contributed by atoms with Gasteiger partial charge in [0.1, 0.15) is 0 Å². The summed E-state index contributed by atoms with van der Waals surface area (Å²) in [6.07, 6.45) is 1.89. The van der Waals surface area contributed by atoms with E-state index in [2.05, 4.69) is 13.8 Å². The molecule has 2 N–H and O–H groups in total. The molecular weight excluding hydrogens is 152 g/mol. The van der Waals surface area contributed by atoms with Crippen LogP contribution in [0.5, 0.6) is 0 Å². The lowest BCUT2D eigenvalue weighted by atomic mass is 9.99. The lowest BCUT2D eigenvalue weighted by molar-refractivity contribution is -0.140. The topological polar surface area (TPSA) is 46.3 Å². The first kappa shape index (κ1) is 9.52. The molecule has 0 radical (unpaired) electrons. The molecule has 12 heavy (non-hydrogen) atoms. The molecule has 1 heterocycles. The summed E-state index contributed by atoms with van der Waals surface area (Å²) in [6, 6.07) is 0.225. The van der Waals surface area contributed by atoms with Crippen molar-refractivity contribution in [1.29, 1.82) is 0 Å². The minimum atomic E-state index is 0.220. The Hall–Kier alpha value is -0.570. The average Bonchev–Trinajstić information content (AvgIpc) is 2.01. The van der Waals surface area contributed by atoms with Crippen molar-refractivity contribution in [2.75, 3.05) is 13.1 Å². The van der Waals surface area contributed by atoms with Crippen LogP contribution in [0.4, 0.5) is 0 Å². The molecule has 0 saturated carbocycles. The second-order valence-corrected chi connectivity index (χ2v) is 3.52. The normalized spacial score (nSPS) is 18.2. The minimum Gasteiger partial charge on any atom is -0.339 e. The second-order valence-electron chi connectivity index (χ2n) is 3.52. The number of carbonyl (C=O) groups excluding carboxylic acids is 1. The van der Waals surface area contributed by atoms with Gasteiger partial charge >= 0.3 is 0 Å². The van der Waals surface area contributed by atoms with Gasteiger partial charge in [-0.3, -0.25) is 4.79 Å². The maximum absolute atomic E-state index is 11.6. The molecule has 0 aliphatic carbocycles. The molecule has 1 aliphatic heterocycles. The standard InChI is InChI=1S/C9H18N2O/c1-3-7(4-2)9(12)11-5-8(10)6-11/h7-8H,3-6,10H2,1-2H3. The molecule has 0 aromatic carbocycles. The van der Waals surface area contributed by atoms with E-state index in [1.165, 1.54) is 0 Å². The van der Waals surface area contributed by atoms with Crippen LogP contribution in [-0.4, -0.2) is 29.9 Å². The molecule has 0 atom stereocenters. The summed E-state index contributed by atoms with van der Waals surface area (Å²) >= 11 is 0. The van der Waals surface area contributed by atoms with Gasteiger partial charge in [0.2, 0.25) is 5.91 Å². The Morgan fingerprint density at radius 3 is 2.33 bits per heavy atom. The van der Waals surface area contributed by atoms with E-state index in [-0.39, 0.29) is 12.0 Å². The van der Waals surface area contributed by atoms with Crippen molar-refractivity contribution in [1.82, 2.24) is 4.90 Å². The number of amides is 1. The van der Waals surface area contributed by atoms with Crippen LogP contribution in [0, 0.1) is 5.92 Å². The number of likely N-dealkylation sites (tertiary alicyclic amines) is 1. The monoisotopic (exact) mass is 170 g/mol. The Bertz CT molecular complexity index is 160. The molecule has 3 heteroatoms. The van der Waals surface area contributed by atoms with E-state index in [9.17, 15) is 4.79 Å². The van der Waals surface area contributed by atoms with Gasteiger partial charge in [-0.05, 0) is 12.8 Å². The van der Waals surface area contributed by atoms with E-state index in [0.717, 1.165) is 25.9 Å². The highest BCUT2D eigenvalue weighted by Crippen LogP contribution is 2.16. The summed E-state index contributed by atoms with van der Waals surface area (Å²) in [5, 5.41) is 0. The molecule has 3 nitrogen and oxygen atoms in total. The Morgan fingerprint density at radius 2 is 2.00 bits per heavy atom. The van der Waals surface area contributed by atoms with Gasteiger partial charge in [-0.25, -0.2) is 0 Å². The molecule has 0 bridgehead atoms. The summed E-state index contributed by atoms with van der Waals surface area (Å²) < 4.78 is 0. The van der Waals surface area contributed by atoms with Gasteiger partial charge in [0.05, 0.1) is 0 Å². The summed E-state index contributed by atoms with van der Waals surface area (Å²) in [5.74, 6) is 0.513. The highest BCUT2D eigenvalue weighted by Gasteiger charge is 2.30. The first-order chi connectivity index (χ1) is 5.69. The third-order valence-corrected chi connectivity index (χ3v) is 2.56. The zero-order valence-electron chi connectivity index (χ0n) is 7.92. The Balaban J connectivity index is 2.36. The van der Waals surface area contributed by atoms with Crippen molar-refractivity contribution >= 4 is 5.91 Å². The van der Waals surface area contributed by atoms with Gasteiger partial charge in [-0.1, -0.05) is 13.8 Å². The summed E-state index contributed by atoms with van der Waals surface area (Å²) in [4.78, 5) is 13.5. The van der Waals surface area contributed by atoms with Gasteiger partial charge in [-0.2, -0.15) is 0 Å². The smallest absolute Gasteiger partial charge is 0.225 e. The fourth-order valence-electron chi connectivity index (χ4n) is 1.59. The van der Waals surface area contributed by atoms with Crippen molar-refractivity contribution in [3.63, 3.8) is 0 Å². The van der Waals surface area contributed by atoms with Gasteiger partial charge in [-0.15, -0.1) is 0 Å². The predicted molar refractivity (Wildman–Crippen MR) is 48.6 cm³/mol.